The van der Waals surface area contributed by atoms with E-state index in [0.717, 1.165) is 7.06 Å². The van der Waals surface area contributed by atoms with Crippen LogP contribution in [-0.2, 0) is 0 Å². The molecule has 0 saturated heterocycles. The van der Waals surface area contributed by atoms with Crippen LogP contribution in [0.15, 0.2) is 0 Å². The van der Waals surface area contributed by atoms with Gasteiger partial charge in [-0.1, -0.05) is 0 Å². The van der Waals surface area contributed by atoms with Crippen molar-refractivity contribution in [3.63, 3.8) is 0 Å². The molecule has 0 atom stereocenters. The van der Waals surface area contributed by atoms with E-state index < -0.39 is 0 Å². The monoisotopic (exact) mass is 226 g/mol. The van der Waals surface area contributed by atoms with Crippen molar-refractivity contribution in [2.24, 2.45) is 20.6 Å². The summed E-state index contributed by atoms with van der Waals surface area (Å²) in [6.45, 7) is 0. The summed E-state index contributed by atoms with van der Waals surface area (Å²) in [5.74, 6) is 0. The fourth-order valence-corrected chi connectivity index (χ4v) is 2.66. The van der Waals surface area contributed by atoms with Gasteiger partial charge in [0.05, 0.1) is 0 Å². The van der Waals surface area contributed by atoms with E-state index in [-0.39, 0.29) is 10.3 Å². The second-order valence-electron chi connectivity index (χ2n) is 1.64. The molecule has 0 radical (unpaired) electrons. The quantitative estimate of drug-likeness (QED) is 0.331. The van der Waals surface area contributed by atoms with Gasteiger partial charge in [0.2, 0.25) is 0 Å². The molecule has 11 heteroatoms. The number of nitrogens with two attached hydrogens (primary N) is 4. The van der Waals surface area contributed by atoms with Crippen molar-refractivity contribution in [3.8, 4) is 0 Å². The van der Waals surface area contributed by atoms with Gasteiger partial charge in [0, 0.05) is 0 Å². The minimum Gasteiger partial charge on any atom is -0.287 e. The lowest BCUT2D eigenvalue weighted by molar-refractivity contribution is 2.06. The van der Waals surface area contributed by atoms with Gasteiger partial charge in [-0.3, -0.25) is 20.6 Å². The van der Waals surface area contributed by atoms with E-state index in [4.69, 9.17) is 20.6 Å². The molecule has 0 rings (SSSR count). The normalized spacial score (nSPS) is 9.45. The molecule has 0 saturated carbocycles. The van der Waals surface area contributed by atoms with Crippen LogP contribution in [0.5, 0.6) is 0 Å². The molecule has 62 valence electrons. The summed E-state index contributed by atoms with van der Waals surface area (Å²) in [7, 11) is 0.810. The van der Waals surface area contributed by atoms with Crippen LogP contribution in [0, 0.1) is 0 Å². The maximum atomic E-state index is 5.36. The maximum absolute atomic E-state index is 5.36. The molecule has 11 heavy (non-hydrogen) atoms. The number of rotatable bonds is 6. The Morgan fingerprint density at radius 3 is 1.18 bits per heavy atom. The highest BCUT2D eigenvalue weighted by atomic mass is 32.2. The molecule has 0 fully saturated rings. The largest absolute Gasteiger partial charge is 0.287 e. The molecule has 0 aromatic heterocycles. The molecule has 0 aliphatic carbocycles. The van der Waals surface area contributed by atoms with E-state index in [2.05, 4.69) is 0 Å². The van der Waals surface area contributed by atoms with Crippen molar-refractivity contribution in [2.45, 2.75) is 0 Å². The molecule has 0 amide bonds. The summed E-state index contributed by atoms with van der Waals surface area (Å²) in [4.78, 5) is 0. The van der Waals surface area contributed by atoms with E-state index in [0.29, 0.717) is 0 Å². The lowest BCUT2D eigenvalue weighted by Gasteiger charge is -2.08. The molecule has 4 nitrogen and oxygen atoms in total. The predicted octanol–water partition coefficient (Wildman–Crippen LogP) is -1.18. The number of hydrogen-bond acceptors (Lipinski definition) is 8. The van der Waals surface area contributed by atoms with Crippen LogP contribution < -0.4 is 20.6 Å². The minimum absolute atomic E-state index is 0.173. The van der Waals surface area contributed by atoms with Crippen molar-refractivity contribution < 1.29 is 0 Å². The van der Waals surface area contributed by atoms with Gasteiger partial charge in [-0.2, -0.15) is 0 Å². The predicted molar refractivity (Wildman–Crippen MR) is 65.8 cm³/mol. The molecule has 8 N–H and O–H groups in total. The summed E-state index contributed by atoms with van der Waals surface area (Å²) in [6.07, 6.45) is 0. The molecule has 0 spiro atoms. The lowest BCUT2D eigenvalue weighted by Crippen LogP contribution is -2.32. The van der Waals surface area contributed by atoms with Gasteiger partial charge < -0.3 is 0 Å². The van der Waals surface area contributed by atoms with Gasteiger partial charge in [0.25, 0.3) is 10.3 Å². The Bertz CT molecular complexity index is 75.4. The lowest BCUT2D eigenvalue weighted by atomic mass is 9.35. The van der Waals surface area contributed by atoms with Gasteiger partial charge in [0.1, 0.15) is 7.06 Å². The summed E-state index contributed by atoms with van der Waals surface area (Å²) in [5.41, 5.74) is 0. The van der Waals surface area contributed by atoms with Crippen LogP contribution in [0.25, 0.3) is 0 Å². The smallest absolute Gasteiger partial charge is 0.268 e. The summed E-state index contributed by atoms with van der Waals surface area (Å²) in [6, 6.07) is 0. The Labute approximate surface area is 85.0 Å². The highest BCUT2D eigenvalue weighted by molar-refractivity contribution is 8.66. The van der Waals surface area contributed by atoms with Crippen molar-refractivity contribution in [1.29, 1.82) is 0 Å². The van der Waals surface area contributed by atoms with Crippen LogP contribution in [0.1, 0.15) is 0 Å². The molecule has 0 aromatic rings. The molecular weight excluding hydrogens is 217 g/mol. The van der Waals surface area contributed by atoms with Crippen molar-refractivity contribution >= 4 is 64.6 Å². The van der Waals surface area contributed by atoms with Gasteiger partial charge in [0.15, 0.2) is 0 Å². The van der Waals surface area contributed by atoms with Crippen LogP contribution in [0.4, 0.5) is 0 Å². The van der Waals surface area contributed by atoms with Gasteiger partial charge in [-0.25, -0.2) is 0 Å². The first-order valence-electron chi connectivity index (χ1n) is 2.70. The van der Waals surface area contributed by atoms with Crippen LogP contribution >= 0.6 is 47.2 Å². The Balaban J connectivity index is 3.58. The average Bonchev–Trinajstić information content (AvgIpc) is 2.07. The molecule has 0 unspecified atom stereocenters. The standard InChI is InChI=1S/B3H9N4S4/c4-8-2(9-5)1-3(10-6)11-7/h1H,4-7H2. The van der Waals surface area contributed by atoms with E-state index in [1.54, 1.807) is 0 Å². The summed E-state index contributed by atoms with van der Waals surface area (Å²) >= 11 is 4.92. The van der Waals surface area contributed by atoms with E-state index in [1.165, 1.54) is 47.2 Å². The third kappa shape index (κ3) is 5.64. The van der Waals surface area contributed by atoms with Crippen LogP contribution in [0.2, 0.25) is 0 Å². The molecule has 0 aliphatic heterocycles. The Kier molecular flexibility index (Phi) is 9.10. The Morgan fingerprint density at radius 1 is 0.727 bits per heavy atom. The van der Waals surface area contributed by atoms with Gasteiger partial charge in [-0.15, -0.1) is 47.2 Å². The molecule has 0 heterocycles. The SMILES string of the molecule is NSB(BB(SN)SN)SN. The Hall–Kier alpha value is 1.43. The topological polar surface area (TPSA) is 104 Å². The first-order chi connectivity index (χ1) is 5.28. The fraction of sp³-hybridized carbons (Fsp3) is 0. The Morgan fingerprint density at radius 2 is 1.00 bits per heavy atom. The molecule has 0 aliphatic rings. The van der Waals surface area contributed by atoms with Crippen molar-refractivity contribution in [1.82, 2.24) is 0 Å². The van der Waals surface area contributed by atoms with E-state index in [1.807, 2.05) is 0 Å². The number of hydrogen-bond donors (Lipinski definition) is 4. The molecule has 0 bridgehead atoms. The molecule has 0 aromatic carbocycles. The van der Waals surface area contributed by atoms with Crippen molar-refractivity contribution in [3.05, 3.63) is 0 Å². The third-order valence-electron chi connectivity index (χ3n) is 0.992. The van der Waals surface area contributed by atoms with Crippen LogP contribution in [0.3, 0.4) is 0 Å². The fourth-order valence-electron chi connectivity index (χ4n) is 0.444. The second kappa shape index (κ2) is 8.05. The first-order valence-corrected chi connectivity index (χ1v) is 6.47. The molecular formula is H9B3N4S4. The highest BCUT2D eigenvalue weighted by Gasteiger charge is 2.24. The average molecular weight is 226 g/mol. The van der Waals surface area contributed by atoms with Crippen molar-refractivity contribution in [2.75, 3.05) is 0 Å². The zero-order valence-corrected chi connectivity index (χ0v) is 9.07. The van der Waals surface area contributed by atoms with E-state index >= 15 is 0 Å². The van der Waals surface area contributed by atoms with Gasteiger partial charge >= 0.3 is 0 Å². The highest BCUT2D eigenvalue weighted by Crippen LogP contribution is 2.14. The zero-order valence-electron chi connectivity index (χ0n) is 5.80. The van der Waals surface area contributed by atoms with Gasteiger partial charge in [-0.05, 0) is 0 Å². The summed E-state index contributed by atoms with van der Waals surface area (Å²) < 4.78 is 0. The zero-order chi connectivity index (χ0) is 8.69. The summed E-state index contributed by atoms with van der Waals surface area (Å²) in [5, 5.41) is 21.8. The first kappa shape index (κ1) is 12.4. The third-order valence-corrected chi connectivity index (χ3v) is 4.31. The minimum atomic E-state index is 0.173. The maximum Gasteiger partial charge on any atom is 0.268 e. The van der Waals surface area contributed by atoms with E-state index in [9.17, 15) is 0 Å². The van der Waals surface area contributed by atoms with Crippen LogP contribution in [-0.4, -0.2) is 17.4 Å². The second-order valence-corrected chi connectivity index (χ2v) is 5.60.